The van der Waals surface area contributed by atoms with Gasteiger partial charge in [-0.05, 0) is 18.2 Å². The minimum atomic E-state index is -4.67. The van der Waals surface area contributed by atoms with E-state index in [1.54, 1.807) is 0 Å². The van der Waals surface area contributed by atoms with Crippen molar-refractivity contribution in [2.75, 3.05) is 6.54 Å². The number of alkyl halides is 6. The fourth-order valence-electron chi connectivity index (χ4n) is 1.30. The Morgan fingerprint density at radius 2 is 1.75 bits per heavy atom. The largest absolute Gasteiger partial charge is 0.417 e. The van der Waals surface area contributed by atoms with E-state index in [1.807, 2.05) is 5.32 Å². The van der Waals surface area contributed by atoms with Gasteiger partial charge < -0.3 is 5.32 Å². The first-order valence-electron chi connectivity index (χ1n) is 5.22. The quantitative estimate of drug-likeness (QED) is 0.803. The number of hydrogen-bond acceptors (Lipinski definition) is 1. The third-order valence-corrected chi connectivity index (χ3v) is 2.92. The van der Waals surface area contributed by atoms with Gasteiger partial charge in [0.15, 0.2) is 0 Å². The van der Waals surface area contributed by atoms with Crippen molar-refractivity contribution in [3.63, 3.8) is 0 Å². The predicted molar refractivity (Wildman–Crippen MR) is 62.1 cm³/mol. The van der Waals surface area contributed by atoms with Crippen molar-refractivity contribution in [3.8, 4) is 0 Å². The molecule has 2 nitrogen and oxygen atoms in total. The second-order valence-corrected chi connectivity index (χ2v) is 4.67. The zero-order valence-electron chi connectivity index (χ0n) is 9.70. The van der Waals surface area contributed by atoms with Gasteiger partial charge in [0.25, 0.3) is 5.91 Å². The van der Waals surface area contributed by atoms with E-state index in [2.05, 4.69) is 15.9 Å². The van der Waals surface area contributed by atoms with Crippen LogP contribution in [0, 0.1) is 0 Å². The molecule has 0 fully saturated rings. The molecule has 0 atom stereocenters. The monoisotopic (exact) mass is 363 g/mol. The van der Waals surface area contributed by atoms with Crippen LogP contribution in [0.25, 0.3) is 0 Å². The molecule has 0 aromatic heterocycles. The summed E-state index contributed by atoms with van der Waals surface area (Å²) in [6, 6.07) is 2.68. The molecule has 0 bridgehead atoms. The Balaban J connectivity index is 2.80. The maximum atomic E-state index is 12.6. The number of rotatable bonds is 3. The maximum Gasteiger partial charge on any atom is 0.417 e. The van der Waals surface area contributed by atoms with Crippen molar-refractivity contribution < 1.29 is 31.1 Å². The van der Waals surface area contributed by atoms with Gasteiger partial charge in [0.1, 0.15) is 0 Å². The van der Waals surface area contributed by atoms with Gasteiger partial charge in [-0.2, -0.15) is 26.3 Å². The molecule has 0 aliphatic carbocycles. The van der Waals surface area contributed by atoms with Crippen LogP contribution in [0.5, 0.6) is 0 Å². The molecule has 1 aromatic rings. The number of carbonyl (C=O) groups is 1. The van der Waals surface area contributed by atoms with Crippen LogP contribution < -0.4 is 5.32 Å². The summed E-state index contributed by atoms with van der Waals surface area (Å²) in [7, 11) is 0. The van der Waals surface area contributed by atoms with Gasteiger partial charge in [0.05, 0.1) is 12.0 Å². The molecule has 1 aromatic carbocycles. The van der Waals surface area contributed by atoms with E-state index < -0.39 is 36.8 Å². The highest BCUT2D eigenvalue weighted by atomic mass is 79.9. The Hall–Kier alpha value is -1.25. The molecular formula is C11H8BrF6NO. The van der Waals surface area contributed by atoms with E-state index in [0.717, 1.165) is 12.1 Å². The van der Waals surface area contributed by atoms with Crippen molar-refractivity contribution in [3.05, 3.63) is 33.8 Å². The van der Waals surface area contributed by atoms with E-state index in [0.29, 0.717) is 6.07 Å². The third kappa shape index (κ3) is 5.03. The summed E-state index contributed by atoms with van der Waals surface area (Å²) in [4.78, 5) is 11.5. The lowest BCUT2D eigenvalue weighted by Gasteiger charge is -2.12. The molecule has 1 N–H and O–H groups in total. The van der Waals surface area contributed by atoms with Crippen LogP contribution in [0.3, 0.4) is 0 Å². The van der Waals surface area contributed by atoms with E-state index in [1.165, 1.54) is 0 Å². The number of carbonyl (C=O) groups excluding carboxylic acids is 1. The first kappa shape index (κ1) is 16.8. The maximum absolute atomic E-state index is 12.6. The third-order valence-electron chi connectivity index (χ3n) is 2.23. The van der Waals surface area contributed by atoms with Gasteiger partial charge in [-0.1, -0.05) is 15.9 Å². The summed E-state index contributed by atoms with van der Waals surface area (Å²) in [5, 5.41) is 1.91. The lowest BCUT2D eigenvalue weighted by atomic mass is 10.1. The van der Waals surface area contributed by atoms with Gasteiger partial charge in [-0.25, -0.2) is 0 Å². The molecule has 0 spiro atoms. The van der Waals surface area contributed by atoms with Crippen molar-refractivity contribution in [1.82, 2.24) is 5.32 Å². The summed E-state index contributed by atoms with van der Waals surface area (Å²) in [5.41, 5.74) is -1.43. The van der Waals surface area contributed by atoms with E-state index >= 15 is 0 Å². The summed E-state index contributed by atoms with van der Waals surface area (Å²) in [5.74, 6) is -0.993. The first-order chi connectivity index (χ1) is 9.00. The van der Waals surface area contributed by atoms with Gasteiger partial charge in [-0.3, -0.25) is 4.79 Å². The fraction of sp³-hybridized carbons (Fsp3) is 0.364. The van der Waals surface area contributed by atoms with E-state index in [-0.39, 0.29) is 10.0 Å². The average Bonchev–Trinajstić information content (AvgIpc) is 2.26. The van der Waals surface area contributed by atoms with E-state index in [9.17, 15) is 31.1 Å². The van der Waals surface area contributed by atoms with Crippen molar-refractivity contribution in [1.29, 1.82) is 0 Å². The second kappa shape index (κ2) is 6.02. The second-order valence-electron chi connectivity index (χ2n) is 3.81. The number of nitrogens with one attached hydrogen (secondary N) is 1. The Bertz CT molecular complexity index is 497. The Labute approximate surface area is 118 Å². The molecule has 0 aliphatic rings. The van der Waals surface area contributed by atoms with Crippen LogP contribution in [-0.2, 0) is 6.18 Å². The summed E-state index contributed by atoms with van der Waals surface area (Å²) in [6.07, 6.45) is -10.4. The van der Waals surface area contributed by atoms with Crippen molar-refractivity contribution >= 4 is 21.8 Å². The highest BCUT2D eigenvalue weighted by molar-refractivity contribution is 9.10. The Morgan fingerprint density at radius 3 is 2.25 bits per heavy atom. The SMILES string of the molecule is O=C(NCCC(F)(F)F)c1ccc(Br)c(C(F)(F)F)c1. The molecule has 112 valence electrons. The molecule has 1 rings (SSSR count). The van der Waals surface area contributed by atoms with Crippen LogP contribution in [0.4, 0.5) is 26.3 Å². The van der Waals surface area contributed by atoms with Gasteiger partial charge in [0.2, 0.25) is 0 Å². The van der Waals surface area contributed by atoms with Crippen LogP contribution in [0.1, 0.15) is 22.3 Å². The average molecular weight is 364 g/mol. The molecule has 0 aliphatic heterocycles. The number of hydrogen-bond donors (Lipinski definition) is 1. The Kier molecular flexibility index (Phi) is 5.06. The summed E-state index contributed by atoms with van der Waals surface area (Å²) < 4.78 is 73.1. The van der Waals surface area contributed by atoms with Crippen molar-refractivity contribution in [2.45, 2.75) is 18.8 Å². The van der Waals surface area contributed by atoms with Gasteiger partial charge >= 0.3 is 12.4 Å². The van der Waals surface area contributed by atoms with E-state index in [4.69, 9.17) is 0 Å². The minimum Gasteiger partial charge on any atom is -0.352 e. The smallest absolute Gasteiger partial charge is 0.352 e. The molecule has 0 saturated carbocycles. The van der Waals surface area contributed by atoms with Crippen LogP contribution >= 0.6 is 15.9 Å². The van der Waals surface area contributed by atoms with Gasteiger partial charge in [0, 0.05) is 16.6 Å². The zero-order valence-corrected chi connectivity index (χ0v) is 11.3. The lowest BCUT2D eigenvalue weighted by molar-refractivity contribution is -0.138. The highest BCUT2D eigenvalue weighted by Gasteiger charge is 2.33. The minimum absolute atomic E-state index is 0.253. The normalized spacial score (nSPS) is 12.3. The first-order valence-corrected chi connectivity index (χ1v) is 6.02. The summed E-state index contributed by atoms with van der Waals surface area (Å²) in [6.45, 7) is -0.695. The lowest BCUT2D eigenvalue weighted by Crippen LogP contribution is -2.28. The number of amides is 1. The van der Waals surface area contributed by atoms with Crippen LogP contribution in [0.15, 0.2) is 22.7 Å². The molecule has 0 unspecified atom stereocenters. The Morgan fingerprint density at radius 1 is 1.15 bits per heavy atom. The predicted octanol–water partition coefficient (Wildman–Crippen LogP) is 4.15. The molecule has 0 radical (unpaired) electrons. The summed E-state index contributed by atoms with van der Waals surface area (Å²) >= 11 is 2.69. The topological polar surface area (TPSA) is 29.1 Å². The van der Waals surface area contributed by atoms with Crippen LogP contribution in [0.2, 0.25) is 0 Å². The number of halogens is 7. The fourth-order valence-corrected chi connectivity index (χ4v) is 1.77. The van der Waals surface area contributed by atoms with Crippen molar-refractivity contribution in [2.24, 2.45) is 0 Å². The highest BCUT2D eigenvalue weighted by Crippen LogP contribution is 2.35. The number of benzene rings is 1. The molecule has 0 saturated heterocycles. The molecule has 1 amide bonds. The molecule has 0 heterocycles. The van der Waals surface area contributed by atoms with Crippen LogP contribution in [-0.4, -0.2) is 18.6 Å². The van der Waals surface area contributed by atoms with Gasteiger partial charge in [-0.15, -0.1) is 0 Å². The zero-order chi connectivity index (χ0) is 15.6. The molecule has 20 heavy (non-hydrogen) atoms. The standard InChI is InChI=1S/C11H8BrF6NO/c12-8-2-1-6(5-7(8)11(16,17)18)9(20)19-4-3-10(13,14)15/h1-2,5H,3-4H2,(H,19,20). The molecule has 9 heteroatoms. The molecular weight excluding hydrogens is 356 g/mol.